The fourth-order valence-corrected chi connectivity index (χ4v) is 2.75. The van der Waals surface area contributed by atoms with Crippen molar-refractivity contribution in [2.75, 3.05) is 26.3 Å². The summed E-state index contributed by atoms with van der Waals surface area (Å²) >= 11 is 0. The van der Waals surface area contributed by atoms with E-state index in [1.54, 1.807) is 18.2 Å². The topological polar surface area (TPSA) is 38.8 Å². The van der Waals surface area contributed by atoms with Crippen LogP contribution in [0.2, 0.25) is 0 Å². The second kappa shape index (κ2) is 6.54. The fourth-order valence-electron chi connectivity index (χ4n) is 2.75. The molecule has 5 heteroatoms. The molecular formula is C16H20FNO3. The van der Waals surface area contributed by atoms with Gasteiger partial charge < -0.3 is 14.4 Å². The summed E-state index contributed by atoms with van der Waals surface area (Å²) in [4.78, 5) is 14.0. The first-order valence-corrected chi connectivity index (χ1v) is 7.45. The van der Waals surface area contributed by atoms with Crippen molar-refractivity contribution in [3.8, 4) is 0 Å². The highest BCUT2D eigenvalue weighted by Crippen LogP contribution is 2.22. The zero-order valence-corrected chi connectivity index (χ0v) is 12.0. The minimum Gasteiger partial charge on any atom is -0.381 e. The van der Waals surface area contributed by atoms with E-state index in [1.807, 2.05) is 4.90 Å². The van der Waals surface area contributed by atoms with Crippen LogP contribution in [0.25, 0.3) is 0 Å². The van der Waals surface area contributed by atoms with Gasteiger partial charge >= 0.3 is 0 Å². The average Bonchev–Trinajstić information content (AvgIpc) is 2.48. The molecular weight excluding hydrogens is 273 g/mol. The van der Waals surface area contributed by atoms with Gasteiger partial charge in [0.15, 0.2) is 0 Å². The third-order valence-corrected chi connectivity index (χ3v) is 4.16. The number of nitrogens with zero attached hydrogens (tertiary/aromatic N) is 1. The largest absolute Gasteiger partial charge is 0.381 e. The SMILES string of the molecule is O=C(C1CCOCC1)N1CC(OCc2ccccc2F)C1. The van der Waals surface area contributed by atoms with Gasteiger partial charge in [-0.15, -0.1) is 0 Å². The molecule has 2 fully saturated rings. The van der Waals surface area contributed by atoms with Gasteiger partial charge in [-0.2, -0.15) is 0 Å². The molecule has 0 N–H and O–H groups in total. The Labute approximate surface area is 123 Å². The molecule has 0 radical (unpaired) electrons. The van der Waals surface area contributed by atoms with E-state index in [4.69, 9.17) is 9.47 Å². The molecule has 0 aliphatic carbocycles. The molecule has 1 amide bonds. The molecule has 2 saturated heterocycles. The van der Waals surface area contributed by atoms with E-state index in [9.17, 15) is 9.18 Å². The first-order valence-electron chi connectivity index (χ1n) is 7.45. The summed E-state index contributed by atoms with van der Waals surface area (Å²) in [5.41, 5.74) is 0.562. The fraction of sp³-hybridized carbons (Fsp3) is 0.562. The minimum absolute atomic E-state index is 0.0217. The summed E-state index contributed by atoms with van der Waals surface area (Å²) in [5.74, 6) is 0.0715. The van der Waals surface area contributed by atoms with Crippen molar-refractivity contribution in [1.82, 2.24) is 4.90 Å². The molecule has 0 atom stereocenters. The Balaban J connectivity index is 1.41. The summed E-state index contributed by atoms with van der Waals surface area (Å²) in [7, 11) is 0. The zero-order chi connectivity index (χ0) is 14.7. The molecule has 2 aliphatic rings. The van der Waals surface area contributed by atoms with Gasteiger partial charge in [0.25, 0.3) is 0 Å². The van der Waals surface area contributed by atoms with Crippen LogP contribution in [0.5, 0.6) is 0 Å². The number of ether oxygens (including phenoxy) is 2. The van der Waals surface area contributed by atoms with Gasteiger partial charge in [0, 0.05) is 37.8 Å². The van der Waals surface area contributed by atoms with E-state index in [2.05, 4.69) is 0 Å². The molecule has 0 bridgehead atoms. The van der Waals surface area contributed by atoms with E-state index in [0.29, 0.717) is 31.9 Å². The Hall–Kier alpha value is -1.46. The van der Waals surface area contributed by atoms with Crippen molar-refractivity contribution in [2.45, 2.75) is 25.6 Å². The van der Waals surface area contributed by atoms with Gasteiger partial charge in [-0.3, -0.25) is 4.79 Å². The van der Waals surface area contributed by atoms with Crippen molar-refractivity contribution < 1.29 is 18.7 Å². The highest BCUT2D eigenvalue weighted by atomic mass is 19.1. The molecule has 21 heavy (non-hydrogen) atoms. The van der Waals surface area contributed by atoms with Gasteiger partial charge in [0.2, 0.25) is 5.91 Å². The maximum Gasteiger partial charge on any atom is 0.226 e. The van der Waals surface area contributed by atoms with Crippen LogP contribution < -0.4 is 0 Å². The predicted octanol–water partition coefficient (Wildman–Crippen LogP) is 1.98. The molecule has 0 saturated carbocycles. The number of amides is 1. The van der Waals surface area contributed by atoms with Crippen LogP contribution in [0.15, 0.2) is 24.3 Å². The van der Waals surface area contributed by atoms with E-state index >= 15 is 0 Å². The normalized spacial score (nSPS) is 20.3. The lowest BCUT2D eigenvalue weighted by molar-refractivity contribution is -0.153. The van der Waals surface area contributed by atoms with Crippen molar-refractivity contribution in [1.29, 1.82) is 0 Å². The minimum atomic E-state index is -0.244. The van der Waals surface area contributed by atoms with Crippen LogP contribution >= 0.6 is 0 Å². The summed E-state index contributed by atoms with van der Waals surface area (Å²) in [5, 5.41) is 0. The van der Waals surface area contributed by atoms with Crippen molar-refractivity contribution in [3.63, 3.8) is 0 Å². The van der Waals surface area contributed by atoms with Crippen LogP contribution in [0.4, 0.5) is 4.39 Å². The molecule has 0 unspecified atom stereocenters. The molecule has 1 aromatic carbocycles. The first kappa shape index (κ1) is 14.5. The second-order valence-corrected chi connectivity index (χ2v) is 5.65. The number of likely N-dealkylation sites (tertiary alicyclic amines) is 1. The lowest BCUT2D eigenvalue weighted by atomic mass is 9.96. The average molecular weight is 293 g/mol. The van der Waals surface area contributed by atoms with Gasteiger partial charge in [0.1, 0.15) is 5.82 Å². The summed E-state index contributed by atoms with van der Waals surface area (Å²) in [6, 6.07) is 6.61. The molecule has 2 heterocycles. The Bertz CT molecular complexity index is 496. The smallest absolute Gasteiger partial charge is 0.226 e. The molecule has 2 aliphatic heterocycles. The van der Waals surface area contributed by atoms with Crippen molar-refractivity contribution >= 4 is 5.91 Å². The maximum atomic E-state index is 13.5. The van der Waals surface area contributed by atoms with Crippen LogP contribution in [0, 0.1) is 11.7 Å². The van der Waals surface area contributed by atoms with Crippen LogP contribution in [-0.4, -0.2) is 43.2 Å². The molecule has 0 spiro atoms. The first-order chi connectivity index (χ1) is 10.2. The van der Waals surface area contributed by atoms with E-state index < -0.39 is 0 Å². The number of carbonyl (C=O) groups is 1. The van der Waals surface area contributed by atoms with E-state index in [-0.39, 0.29) is 30.4 Å². The molecule has 3 rings (SSSR count). The van der Waals surface area contributed by atoms with Gasteiger partial charge in [-0.25, -0.2) is 4.39 Å². The standard InChI is InChI=1S/C16H20FNO3/c17-15-4-2-1-3-13(15)11-21-14-9-18(10-14)16(19)12-5-7-20-8-6-12/h1-4,12,14H,5-11H2. The molecule has 0 aromatic heterocycles. The lowest BCUT2D eigenvalue weighted by Gasteiger charge is -2.41. The van der Waals surface area contributed by atoms with E-state index in [1.165, 1.54) is 6.07 Å². The number of rotatable bonds is 4. The van der Waals surface area contributed by atoms with Gasteiger partial charge in [0.05, 0.1) is 12.7 Å². The number of carbonyl (C=O) groups excluding carboxylic acids is 1. The number of hydrogen-bond donors (Lipinski definition) is 0. The number of hydrogen-bond acceptors (Lipinski definition) is 3. The second-order valence-electron chi connectivity index (χ2n) is 5.65. The highest BCUT2D eigenvalue weighted by molar-refractivity contribution is 5.79. The number of benzene rings is 1. The summed E-state index contributed by atoms with van der Waals surface area (Å²) < 4.78 is 24.4. The third-order valence-electron chi connectivity index (χ3n) is 4.16. The molecule has 4 nitrogen and oxygen atoms in total. The van der Waals surface area contributed by atoms with Crippen molar-refractivity contribution in [3.05, 3.63) is 35.6 Å². The van der Waals surface area contributed by atoms with Crippen molar-refractivity contribution in [2.24, 2.45) is 5.92 Å². The summed E-state index contributed by atoms with van der Waals surface area (Å²) in [6.45, 7) is 2.85. The van der Waals surface area contributed by atoms with Gasteiger partial charge in [-0.05, 0) is 18.9 Å². The number of halogens is 1. The highest BCUT2D eigenvalue weighted by Gasteiger charge is 2.35. The lowest BCUT2D eigenvalue weighted by Crippen LogP contribution is -2.56. The monoisotopic (exact) mass is 293 g/mol. The van der Waals surface area contributed by atoms with Crippen LogP contribution in [-0.2, 0) is 20.9 Å². The molecule has 1 aromatic rings. The van der Waals surface area contributed by atoms with Crippen LogP contribution in [0.3, 0.4) is 0 Å². The predicted molar refractivity (Wildman–Crippen MR) is 75.1 cm³/mol. The van der Waals surface area contributed by atoms with Gasteiger partial charge in [-0.1, -0.05) is 18.2 Å². The Morgan fingerprint density at radius 3 is 2.71 bits per heavy atom. The maximum absolute atomic E-state index is 13.5. The zero-order valence-electron chi connectivity index (χ0n) is 12.0. The molecule has 114 valence electrons. The third kappa shape index (κ3) is 3.41. The Morgan fingerprint density at radius 1 is 1.29 bits per heavy atom. The Morgan fingerprint density at radius 2 is 2.00 bits per heavy atom. The van der Waals surface area contributed by atoms with E-state index in [0.717, 1.165) is 12.8 Å². The quantitative estimate of drug-likeness (QED) is 0.852. The Kier molecular flexibility index (Phi) is 4.51. The van der Waals surface area contributed by atoms with Crippen LogP contribution in [0.1, 0.15) is 18.4 Å². The summed E-state index contributed by atoms with van der Waals surface area (Å²) in [6.07, 6.45) is 1.65.